The molecule has 0 saturated heterocycles. The van der Waals surface area contributed by atoms with E-state index in [1.807, 2.05) is 43.3 Å². The van der Waals surface area contributed by atoms with Crippen molar-refractivity contribution in [2.45, 2.75) is 6.92 Å². The monoisotopic (exact) mass is 245 g/mol. The molecule has 0 radical (unpaired) electrons. The zero-order valence-electron chi connectivity index (χ0n) is 9.39. The van der Waals surface area contributed by atoms with Crippen LogP contribution in [0.4, 0.5) is 5.69 Å². The summed E-state index contributed by atoms with van der Waals surface area (Å²) in [6.07, 6.45) is 3.36. The van der Waals surface area contributed by atoms with Gasteiger partial charge in [-0.2, -0.15) is 5.10 Å². The van der Waals surface area contributed by atoms with Gasteiger partial charge in [-0.05, 0) is 31.2 Å². The molecule has 0 aliphatic heterocycles. The Balaban J connectivity index is 2.08. The van der Waals surface area contributed by atoms with Crippen LogP contribution in [-0.2, 0) is 0 Å². The number of pyridine rings is 1. The fourth-order valence-corrected chi connectivity index (χ4v) is 1.46. The molecule has 0 bridgehead atoms. The van der Waals surface area contributed by atoms with E-state index in [-0.39, 0.29) is 0 Å². The molecule has 0 saturated carbocycles. The number of halogens is 1. The van der Waals surface area contributed by atoms with Crippen molar-refractivity contribution in [3.8, 4) is 0 Å². The first-order valence-corrected chi connectivity index (χ1v) is 5.60. The molecule has 0 aliphatic carbocycles. The summed E-state index contributed by atoms with van der Waals surface area (Å²) in [6.45, 7) is 2.04. The van der Waals surface area contributed by atoms with Gasteiger partial charge in [-0.1, -0.05) is 29.3 Å². The standard InChI is InChI=1S/C13H12ClN3/c1-10-2-4-12(5-3-10)16-17-13(14)11-6-8-15-9-7-11/h2-9,16H,1H3. The minimum atomic E-state index is 0.410. The van der Waals surface area contributed by atoms with Crippen molar-refractivity contribution < 1.29 is 0 Å². The van der Waals surface area contributed by atoms with E-state index in [0.29, 0.717) is 5.17 Å². The number of hydrazone groups is 1. The summed E-state index contributed by atoms with van der Waals surface area (Å²) in [5.74, 6) is 0. The van der Waals surface area contributed by atoms with Gasteiger partial charge >= 0.3 is 0 Å². The lowest BCUT2D eigenvalue weighted by molar-refractivity contribution is 1.30. The fourth-order valence-electron chi connectivity index (χ4n) is 1.30. The van der Waals surface area contributed by atoms with E-state index in [1.54, 1.807) is 12.4 Å². The minimum Gasteiger partial charge on any atom is -0.277 e. The molecule has 0 spiro atoms. The molecule has 17 heavy (non-hydrogen) atoms. The highest BCUT2D eigenvalue weighted by Crippen LogP contribution is 2.10. The van der Waals surface area contributed by atoms with Gasteiger partial charge in [-0.25, -0.2) is 0 Å². The van der Waals surface area contributed by atoms with E-state index < -0.39 is 0 Å². The van der Waals surface area contributed by atoms with Gasteiger partial charge in [0.1, 0.15) is 0 Å². The van der Waals surface area contributed by atoms with Crippen molar-refractivity contribution in [3.05, 3.63) is 59.9 Å². The second-order valence-electron chi connectivity index (χ2n) is 3.62. The molecule has 86 valence electrons. The maximum Gasteiger partial charge on any atom is 0.156 e. The lowest BCUT2D eigenvalue weighted by atomic mass is 10.2. The molecule has 4 heteroatoms. The Morgan fingerprint density at radius 2 is 1.76 bits per heavy atom. The molecule has 2 aromatic rings. The molecule has 1 heterocycles. The fraction of sp³-hybridized carbons (Fsp3) is 0.0769. The highest BCUT2D eigenvalue weighted by atomic mass is 35.5. The zero-order chi connectivity index (χ0) is 12.1. The number of anilines is 1. The van der Waals surface area contributed by atoms with Gasteiger partial charge in [0.05, 0.1) is 5.69 Å². The summed E-state index contributed by atoms with van der Waals surface area (Å²) in [5, 5.41) is 4.51. The third-order valence-corrected chi connectivity index (χ3v) is 2.56. The van der Waals surface area contributed by atoms with Crippen LogP contribution in [0.5, 0.6) is 0 Å². The number of nitrogens with zero attached hydrogens (tertiary/aromatic N) is 2. The molecule has 1 aromatic carbocycles. The number of hydrogen-bond donors (Lipinski definition) is 1. The predicted octanol–water partition coefficient (Wildman–Crippen LogP) is 3.40. The zero-order valence-corrected chi connectivity index (χ0v) is 10.1. The number of aryl methyl sites for hydroxylation is 1. The van der Waals surface area contributed by atoms with Gasteiger partial charge < -0.3 is 0 Å². The maximum absolute atomic E-state index is 6.05. The van der Waals surface area contributed by atoms with Gasteiger partial charge in [-0.3, -0.25) is 10.4 Å². The normalized spacial score (nSPS) is 11.3. The summed E-state index contributed by atoms with van der Waals surface area (Å²) >= 11 is 6.05. The third-order valence-electron chi connectivity index (χ3n) is 2.25. The van der Waals surface area contributed by atoms with Gasteiger partial charge in [0.15, 0.2) is 5.17 Å². The Morgan fingerprint density at radius 3 is 2.41 bits per heavy atom. The molecule has 0 amide bonds. The van der Waals surface area contributed by atoms with Crippen molar-refractivity contribution >= 4 is 22.5 Å². The van der Waals surface area contributed by atoms with Crippen molar-refractivity contribution in [2.75, 3.05) is 5.43 Å². The van der Waals surface area contributed by atoms with Crippen LogP contribution in [0.25, 0.3) is 0 Å². The van der Waals surface area contributed by atoms with Gasteiger partial charge in [0, 0.05) is 18.0 Å². The van der Waals surface area contributed by atoms with E-state index in [1.165, 1.54) is 5.56 Å². The van der Waals surface area contributed by atoms with Gasteiger partial charge in [0.2, 0.25) is 0 Å². The summed E-state index contributed by atoms with van der Waals surface area (Å²) in [4.78, 5) is 3.92. The number of benzene rings is 1. The van der Waals surface area contributed by atoms with E-state index in [9.17, 15) is 0 Å². The molecule has 0 aliphatic rings. The molecule has 2 rings (SSSR count). The number of hydrogen-bond acceptors (Lipinski definition) is 3. The first-order chi connectivity index (χ1) is 8.25. The molecule has 0 atom stereocenters. The van der Waals surface area contributed by atoms with Crippen LogP contribution in [0, 0.1) is 6.92 Å². The minimum absolute atomic E-state index is 0.410. The SMILES string of the molecule is Cc1ccc(NN=C(Cl)c2ccncc2)cc1. The van der Waals surface area contributed by atoms with Crippen LogP contribution in [0.15, 0.2) is 53.9 Å². The molecular weight excluding hydrogens is 234 g/mol. The van der Waals surface area contributed by atoms with Crippen molar-refractivity contribution in [2.24, 2.45) is 5.10 Å². The highest BCUT2D eigenvalue weighted by molar-refractivity contribution is 6.69. The lowest BCUT2D eigenvalue weighted by Gasteiger charge is -2.02. The van der Waals surface area contributed by atoms with Crippen molar-refractivity contribution in [3.63, 3.8) is 0 Å². The van der Waals surface area contributed by atoms with Crippen LogP contribution in [-0.4, -0.2) is 10.2 Å². The Kier molecular flexibility index (Phi) is 3.73. The number of aromatic nitrogens is 1. The Bertz CT molecular complexity index is 506. The first-order valence-electron chi connectivity index (χ1n) is 5.22. The van der Waals surface area contributed by atoms with E-state index in [0.717, 1.165) is 11.3 Å². The largest absolute Gasteiger partial charge is 0.277 e. The Hall–Kier alpha value is -1.87. The molecule has 3 nitrogen and oxygen atoms in total. The average Bonchev–Trinajstić information content (AvgIpc) is 2.39. The molecular formula is C13H12ClN3. The number of rotatable bonds is 3. The highest BCUT2D eigenvalue weighted by Gasteiger charge is 1.98. The van der Waals surface area contributed by atoms with E-state index in [2.05, 4.69) is 15.5 Å². The summed E-state index contributed by atoms with van der Waals surface area (Å²) in [5.41, 5.74) is 5.85. The second kappa shape index (κ2) is 5.46. The smallest absolute Gasteiger partial charge is 0.156 e. The summed E-state index contributed by atoms with van der Waals surface area (Å²) in [7, 11) is 0. The van der Waals surface area contributed by atoms with Crippen LogP contribution in [0.2, 0.25) is 0 Å². The van der Waals surface area contributed by atoms with E-state index >= 15 is 0 Å². The quantitative estimate of drug-likeness (QED) is 0.665. The Morgan fingerprint density at radius 1 is 1.12 bits per heavy atom. The van der Waals surface area contributed by atoms with Crippen LogP contribution in [0.1, 0.15) is 11.1 Å². The molecule has 1 aromatic heterocycles. The predicted molar refractivity (Wildman–Crippen MR) is 71.4 cm³/mol. The third kappa shape index (κ3) is 3.29. The van der Waals surface area contributed by atoms with Crippen molar-refractivity contribution in [1.82, 2.24) is 4.98 Å². The van der Waals surface area contributed by atoms with Crippen LogP contribution >= 0.6 is 11.6 Å². The summed E-state index contributed by atoms with van der Waals surface area (Å²) in [6, 6.07) is 11.5. The second-order valence-corrected chi connectivity index (χ2v) is 3.97. The molecule has 1 N–H and O–H groups in total. The maximum atomic E-state index is 6.05. The van der Waals surface area contributed by atoms with Crippen LogP contribution < -0.4 is 5.43 Å². The topological polar surface area (TPSA) is 37.3 Å². The summed E-state index contributed by atoms with van der Waals surface area (Å²) < 4.78 is 0. The molecule has 0 unspecified atom stereocenters. The van der Waals surface area contributed by atoms with E-state index in [4.69, 9.17) is 11.6 Å². The first kappa shape index (κ1) is 11.6. The van der Waals surface area contributed by atoms with Crippen molar-refractivity contribution in [1.29, 1.82) is 0 Å². The average molecular weight is 246 g/mol. The lowest BCUT2D eigenvalue weighted by Crippen LogP contribution is -1.97. The van der Waals surface area contributed by atoms with Gasteiger partial charge in [-0.15, -0.1) is 0 Å². The number of nitrogens with one attached hydrogen (secondary N) is 1. The van der Waals surface area contributed by atoms with Gasteiger partial charge in [0.25, 0.3) is 0 Å². The Labute approximate surface area is 105 Å². The molecule has 0 fully saturated rings. The van der Waals surface area contributed by atoms with Crippen LogP contribution in [0.3, 0.4) is 0 Å².